The van der Waals surface area contributed by atoms with Crippen LogP contribution in [0.5, 0.6) is 5.75 Å². The quantitative estimate of drug-likeness (QED) is 0.218. The molecule has 6 N–H and O–H groups in total. The van der Waals surface area contributed by atoms with E-state index in [1.165, 1.54) is 0 Å². The third-order valence-corrected chi connectivity index (χ3v) is 7.08. The Hall–Kier alpha value is -3.64. The number of hydrogen-bond donors (Lipinski definition) is 4. The third kappa shape index (κ3) is 5.60. The molecule has 0 aliphatic carbocycles. The fraction of sp³-hybridized carbons (Fsp3) is 0.480. The van der Waals surface area contributed by atoms with Crippen molar-refractivity contribution in [2.45, 2.75) is 52.4 Å². The van der Waals surface area contributed by atoms with Gasteiger partial charge in [-0.25, -0.2) is 19.1 Å². The number of likely N-dealkylation sites (tertiary alicyclic amines) is 1. The van der Waals surface area contributed by atoms with Gasteiger partial charge < -0.3 is 26.8 Å². The maximum atomic E-state index is 12.8. The Kier molecular flexibility index (Phi) is 8.52. The minimum Gasteiger partial charge on any atom is -0.492 e. The zero-order chi connectivity index (χ0) is 27.4. The molecule has 0 radical (unpaired) electrons. The van der Waals surface area contributed by atoms with Gasteiger partial charge in [0.25, 0.3) is 11.7 Å². The fourth-order valence-electron chi connectivity index (χ4n) is 4.91. The second-order valence-corrected chi connectivity index (χ2v) is 9.51. The number of nitrogen functional groups attached to an aromatic ring is 2. The van der Waals surface area contributed by atoms with Crippen molar-refractivity contribution in [2.24, 2.45) is 0 Å². The number of nitrogens with two attached hydrogens (primary N) is 2. The lowest BCUT2D eigenvalue weighted by Gasteiger charge is -2.18. The summed E-state index contributed by atoms with van der Waals surface area (Å²) in [5, 5.41) is 5.76. The van der Waals surface area contributed by atoms with E-state index in [1.807, 2.05) is 39.1 Å². The minimum absolute atomic E-state index is 0.0301. The number of fused-ring (bicyclic) bond motifs is 1. The monoisotopic (exact) mass is 544 g/mol. The van der Waals surface area contributed by atoms with Gasteiger partial charge in [0.15, 0.2) is 33.5 Å². The Morgan fingerprint density at radius 2 is 2.00 bits per heavy atom. The van der Waals surface area contributed by atoms with E-state index in [9.17, 15) is 9.59 Å². The summed E-state index contributed by atoms with van der Waals surface area (Å²) in [6.07, 6.45) is 1.94. The largest absolute Gasteiger partial charge is 0.492 e. The van der Waals surface area contributed by atoms with Gasteiger partial charge in [0.05, 0.1) is 25.7 Å². The van der Waals surface area contributed by atoms with E-state index >= 15 is 0 Å². The van der Waals surface area contributed by atoms with E-state index in [0.717, 1.165) is 36.2 Å². The number of nitrogens with zero attached hydrogens (tertiary/aromatic N) is 5. The number of carbonyl (C=O) groups excluding carboxylic acids is 2. The molecule has 1 aliphatic rings. The number of hydrogen-bond acceptors (Lipinski definition) is 8. The first-order chi connectivity index (χ1) is 18.2. The lowest BCUT2D eigenvalue weighted by atomic mass is 10.2. The van der Waals surface area contributed by atoms with E-state index in [1.54, 1.807) is 0 Å². The maximum absolute atomic E-state index is 12.8. The number of rotatable bonds is 10. The highest BCUT2D eigenvalue weighted by atomic mass is 35.5. The molecule has 1 aromatic carbocycles. The average molecular weight is 545 g/mol. The second kappa shape index (κ2) is 11.8. The predicted molar refractivity (Wildman–Crippen MR) is 145 cm³/mol. The summed E-state index contributed by atoms with van der Waals surface area (Å²) in [7, 11) is 1.98. The van der Waals surface area contributed by atoms with Crippen molar-refractivity contribution >= 4 is 46.1 Å². The molecule has 3 heterocycles. The molecule has 4 rings (SSSR count). The number of halogens is 1. The van der Waals surface area contributed by atoms with Crippen molar-refractivity contribution in [3.05, 3.63) is 34.9 Å². The molecule has 1 unspecified atom stereocenters. The summed E-state index contributed by atoms with van der Waals surface area (Å²) < 4.78 is 10.2. The van der Waals surface area contributed by atoms with E-state index in [-0.39, 0.29) is 41.0 Å². The Morgan fingerprint density at radius 3 is 2.68 bits per heavy atom. The van der Waals surface area contributed by atoms with Crippen LogP contribution in [0.2, 0.25) is 5.15 Å². The Balaban J connectivity index is 1.45. The molecule has 204 valence electrons. The zero-order valence-electron chi connectivity index (χ0n) is 22.0. The second-order valence-electron chi connectivity index (χ2n) is 9.15. The van der Waals surface area contributed by atoms with E-state index in [2.05, 4.69) is 34.6 Å². The summed E-state index contributed by atoms with van der Waals surface area (Å²) in [6, 6.07) is 5.84. The van der Waals surface area contributed by atoms with Crippen molar-refractivity contribution in [1.29, 1.82) is 0 Å². The highest BCUT2D eigenvalue weighted by Gasteiger charge is 2.28. The number of imidazole rings is 1. The maximum Gasteiger partial charge on any atom is 0.277 e. The number of aromatic nitrogens is 4. The van der Waals surface area contributed by atoms with Crippen LogP contribution in [-0.4, -0.2) is 64.0 Å². The number of ether oxygens (including phenoxy) is 1. The topological polar surface area (TPSA) is 157 Å². The van der Waals surface area contributed by atoms with Crippen LogP contribution >= 0.6 is 11.6 Å². The van der Waals surface area contributed by atoms with Gasteiger partial charge in [0, 0.05) is 6.07 Å². The number of anilines is 2. The van der Waals surface area contributed by atoms with Crippen LogP contribution in [0, 0.1) is 0 Å². The molecular formula is C25H35ClN9O3+. The molecule has 0 bridgehead atoms. The highest BCUT2D eigenvalue weighted by Crippen LogP contribution is 2.22. The lowest BCUT2D eigenvalue weighted by Crippen LogP contribution is -2.42. The Bertz CT molecular complexity index is 1340. The van der Waals surface area contributed by atoms with Gasteiger partial charge in [0.1, 0.15) is 18.9 Å². The third-order valence-electron chi connectivity index (χ3n) is 6.80. The Morgan fingerprint density at radius 1 is 1.21 bits per heavy atom. The lowest BCUT2D eigenvalue weighted by molar-refractivity contribution is -0.676. The summed E-state index contributed by atoms with van der Waals surface area (Å²) in [5.41, 5.74) is 13.4. The molecule has 38 heavy (non-hydrogen) atoms. The van der Waals surface area contributed by atoms with Crippen LogP contribution in [-0.2, 0) is 24.4 Å². The first-order valence-electron chi connectivity index (χ1n) is 12.8. The summed E-state index contributed by atoms with van der Waals surface area (Å²) in [6.45, 7) is 7.45. The summed E-state index contributed by atoms with van der Waals surface area (Å²) >= 11 is 5.93. The molecule has 1 saturated heterocycles. The van der Waals surface area contributed by atoms with E-state index < -0.39 is 5.91 Å². The number of nitrogens with one attached hydrogen (secondary N) is 2. The number of carbonyl (C=O) groups is 2. The zero-order valence-corrected chi connectivity index (χ0v) is 22.7. The van der Waals surface area contributed by atoms with Crippen molar-refractivity contribution < 1.29 is 18.9 Å². The average Bonchev–Trinajstić information content (AvgIpc) is 3.46. The van der Waals surface area contributed by atoms with Crippen molar-refractivity contribution in [2.75, 3.05) is 38.2 Å². The van der Waals surface area contributed by atoms with Crippen LogP contribution in [0.4, 0.5) is 11.6 Å². The Labute approximate surface area is 226 Å². The van der Waals surface area contributed by atoms with Crippen LogP contribution in [0.15, 0.2) is 18.2 Å². The first-order valence-corrected chi connectivity index (χ1v) is 13.1. The fourth-order valence-corrected chi connectivity index (χ4v) is 5.04. The van der Waals surface area contributed by atoms with E-state index in [0.29, 0.717) is 32.0 Å². The molecule has 2 amide bonds. The normalized spacial score (nSPS) is 15.6. The van der Waals surface area contributed by atoms with Gasteiger partial charge in [-0.15, -0.1) is 0 Å². The van der Waals surface area contributed by atoms with Gasteiger partial charge in [-0.2, -0.15) is 0 Å². The smallest absolute Gasteiger partial charge is 0.277 e. The van der Waals surface area contributed by atoms with Gasteiger partial charge in [-0.3, -0.25) is 14.5 Å². The van der Waals surface area contributed by atoms with Crippen LogP contribution in [0.3, 0.4) is 0 Å². The van der Waals surface area contributed by atoms with Crippen LogP contribution in [0.25, 0.3) is 11.0 Å². The molecule has 13 heteroatoms. The van der Waals surface area contributed by atoms with Gasteiger partial charge in [-0.05, 0) is 52.4 Å². The van der Waals surface area contributed by atoms with Gasteiger partial charge in [-0.1, -0.05) is 11.6 Å². The molecule has 1 atom stereocenters. The SMILES string of the molecule is CCn1c(CNC(=O)c2nc(Cl)c(N)nc2N)[n+](CC)c2ccc(OCCNC(=O)C3CCCN3C)cc21. The molecule has 2 aromatic heterocycles. The van der Waals surface area contributed by atoms with Crippen LogP contribution < -0.4 is 31.4 Å². The first kappa shape index (κ1) is 27.4. The molecule has 1 aliphatic heterocycles. The van der Waals surface area contributed by atoms with Gasteiger partial charge in [0.2, 0.25) is 5.91 Å². The molecule has 12 nitrogen and oxygen atoms in total. The summed E-state index contributed by atoms with van der Waals surface area (Å²) in [5.74, 6) is 1.04. The molecule has 1 fully saturated rings. The number of amides is 2. The van der Waals surface area contributed by atoms with Crippen molar-refractivity contribution in [1.82, 2.24) is 30.1 Å². The summed E-state index contributed by atoms with van der Waals surface area (Å²) in [4.78, 5) is 35.1. The number of aryl methyl sites for hydroxylation is 2. The minimum atomic E-state index is -0.498. The number of benzene rings is 1. The van der Waals surface area contributed by atoms with Crippen LogP contribution in [0.1, 0.15) is 43.0 Å². The number of likely N-dealkylation sites (N-methyl/N-ethyl adjacent to an activating group) is 1. The molecule has 3 aromatic rings. The standard InChI is InChI=1S/C25H34ClN9O3/c1-4-34-16-9-8-15(38-12-10-29-24(36)17-7-6-11-33(17)3)13-18(16)35(5-2)19(34)14-30-25(37)20-22(27)32-23(28)21(26)31-20/h8-9,13,17H,4-7,10-12,14H2,1-3H3,(H5-,27,28,29,30,32,36,37)/p+1. The van der Waals surface area contributed by atoms with E-state index in [4.69, 9.17) is 27.8 Å². The molecular weight excluding hydrogens is 510 g/mol. The van der Waals surface area contributed by atoms with Gasteiger partial charge >= 0.3 is 0 Å². The highest BCUT2D eigenvalue weighted by molar-refractivity contribution is 6.31. The van der Waals surface area contributed by atoms with Crippen molar-refractivity contribution in [3.8, 4) is 5.75 Å². The predicted octanol–water partition coefficient (Wildman–Crippen LogP) is 1.10. The molecule has 0 spiro atoms. The molecule has 0 saturated carbocycles. The van der Waals surface area contributed by atoms with Crippen molar-refractivity contribution in [3.63, 3.8) is 0 Å².